The Labute approximate surface area is 160 Å². The van der Waals surface area contributed by atoms with Crippen molar-refractivity contribution in [2.75, 3.05) is 25.9 Å². The zero-order valence-corrected chi connectivity index (χ0v) is 16.3. The van der Waals surface area contributed by atoms with E-state index >= 15 is 0 Å². The van der Waals surface area contributed by atoms with Crippen molar-refractivity contribution in [3.63, 3.8) is 0 Å². The summed E-state index contributed by atoms with van der Waals surface area (Å²) in [7, 11) is -3.17. The number of para-hydroxylation sites is 1. The molecular formula is C20H25N3O3S. The summed E-state index contributed by atoms with van der Waals surface area (Å²) in [6.45, 7) is 3.26. The number of rotatable bonds is 5. The fraction of sp³-hybridized carbons (Fsp3) is 0.550. The van der Waals surface area contributed by atoms with E-state index in [4.69, 9.17) is 4.74 Å². The van der Waals surface area contributed by atoms with E-state index in [2.05, 4.69) is 32.8 Å². The van der Waals surface area contributed by atoms with Crippen molar-refractivity contribution >= 4 is 20.9 Å². The highest BCUT2D eigenvalue weighted by Gasteiger charge is 2.62. The van der Waals surface area contributed by atoms with Crippen LogP contribution in [-0.2, 0) is 21.3 Å². The average molecular weight is 388 g/mol. The van der Waals surface area contributed by atoms with Crippen LogP contribution in [0.3, 0.4) is 0 Å². The van der Waals surface area contributed by atoms with Crippen LogP contribution in [0.1, 0.15) is 18.4 Å². The highest BCUT2D eigenvalue weighted by molar-refractivity contribution is 7.88. The van der Waals surface area contributed by atoms with Gasteiger partial charge in [0.05, 0.1) is 23.5 Å². The van der Waals surface area contributed by atoms with Crippen LogP contribution >= 0.6 is 0 Å². The van der Waals surface area contributed by atoms with Crippen LogP contribution in [0.25, 0.3) is 10.9 Å². The zero-order valence-electron chi connectivity index (χ0n) is 15.5. The maximum absolute atomic E-state index is 11.5. The predicted molar refractivity (Wildman–Crippen MR) is 104 cm³/mol. The first-order valence-electron chi connectivity index (χ1n) is 9.61. The Morgan fingerprint density at radius 3 is 3.04 bits per heavy atom. The summed E-state index contributed by atoms with van der Waals surface area (Å²) in [5.41, 5.74) is 2.23. The van der Waals surface area contributed by atoms with Gasteiger partial charge in [0.1, 0.15) is 0 Å². The van der Waals surface area contributed by atoms with Gasteiger partial charge in [0.2, 0.25) is 10.0 Å². The molecule has 3 aliphatic rings. The Hall–Kier alpha value is -1.54. The number of hydrogen-bond donors (Lipinski definition) is 1. The molecule has 2 bridgehead atoms. The first-order chi connectivity index (χ1) is 12.9. The molecule has 0 aliphatic carbocycles. The van der Waals surface area contributed by atoms with Crippen LogP contribution in [0.15, 0.2) is 36.5 Å². The molecular weight excluding hydrogens is 362 g/mol. The molecule has 5 rings (SSSR count). The van der Waals surface area contributed by atoms with Crippen LogP contribution in [0.5, 0.6) is 0 Å². The second-order valence-corrected chi connectivity index (χ2v) is 10.1. The molecule has 0 radical (unpaired) electrons. The monoisotopic (exact) mass is 387 g/mol. The molecule has 1 aromatic carbocycles. The van der Waals surface area contributed by atoms with E-state index in [1.807, 2.05) is 18.3 Å². The lowest BCUT2D eigenvalue weighted by atomic mass is 9.74. The summed E-state index contributed by atoms with van der Waals surface area (Å²) in [5, 5.41) is 1.20. The first kappa shape index (κ1) is 17.6. The maximum Gasteiger partial charge on any atom is 0.208 e. The number of likely N-dealkylation sites (tertiary alicyclic amines) is 1. The van der Waals surface area contributed by atoms with Crippen molar-refractivity contribution in [1.29, 1.82) is 0 Å². The molecule has 3 saturated heterocycles. The molecule has 3 aliphatic heterocycles. The van der Waals surface area contributed by atoms with Gasteiger partial charge in [-0.1, -0.05) is 18.2 Å². The van der Waals surface area contributed by atoms with Crippen molar-refractivity contribution in [3.05, 3.63) is 42.1 Å². The quantitative estimate of drug-likeness (QED) is 0.847. The molecule has 144 valence electrons. The van der Waals surface area contributed by atoms with E-state index in [0.29, 0.717) is 12.5 Å². The second-order valence-electron chi connectivity index (χ2n) is 8.31. The van der Waals surface area contributed by atoms with Gasteiger partial charge in [-0.15, -0.1) is 0 Å². The van der Waals surface area contributed by atoms with Crippen LogP contribution in [-0.4, -0.2) is 55.9 Å². The molecule has 4 heterocycles. The van der Waals surface area contributed by atoms with E-state index in [-0.39, 0.29) is 17.6 Å². The van der Waals surface area contributed by atoms with E-state index in [1.165, 1.54) is 17.2 Å². The lowest BCUT2D eigenvalue weighted by molar-refractivity contribution is 0.00223. The molecule has 7 heteroatoms. The van der Waals surface area contributed by atoms with Crippen molar-refractivity contribution in [2.24, 2.45) is 11.8 Å². The van der Waals surface area contributed by atoms with Gasteiger partial charge in [0.15, 0.2) is 0 Å². The molecule has 0 unspecified atom stereocenters. The normalized spacial score (nSPS) is 33.0. The number of ether oxygens (including phenoxy) is 1. The van der Waals surface area contributed by atoms with Gasteiger partial charge in [0.25, 0.3) is 0 Å². The number of benzene rings is 1. The standard InChI is InChI=1S/C20H25N3O3S/c1-27(24,25)22-10-16-17-12-23(13-20(17)8-6-19(16)26-20)11-14-7-9-21-18-5-3-2-4-15(14)18/h2-5,7,9,16-17,19,22H,6,8,10-13H2,1H3/t16-,17+,19+,20+/m0/s1. The van der Waals surface area contributed by atoms with Gasteiger partial charge in [-0.3, -0.25) is 9.88 Å². The number of aromatic nitrogens is 1. The number of nitrogens with zero attached hydrogens (tertiary/aromatic N) is 2. The molecule has 1 spiro atoms. The molecule has 1 N–H and O–H groups in total. The Bertz CT molecular complexity index is 974. The average Bonchev–Trinajstić information content (AvgIpc) is 3.27. The minimum Gasteiger partial charge on any atom is -0.370 e. The van der Waals surface area contributed by atoms with E-state index in [1.54, 1.807) is 0 Å². The summed E-state index contributed by atoms with van der Waals surface area (Å²) in [6.07, 6.45) is 5.44. The Balaban J connectivity index is 1.35. The van der Waals surface area contributed by atoms with Crippen molar-refractivity contribution in [3.8, 4) is 0 Å². The lowest BCUT2D eigenvalue weighted by Gasteiger charge is -2.29. The van der Waals surface area contributed by atoms with Crippen LogP contribution in [0.4, 0.5) is 0 Å². The fourth-order valence-corrected chi connectivity index (χ4v) is 5.96. The van der Waals surface area contributed by atoms with E-state index < -0.39 is 10.0 Å². The molecule has 6 nitrogen and oxygen atoms in total. The third kappa shape index (κ3) is 3.06. The van der Waals surface area contributed by atoms with Gasteiger partial charge in [-0.25, -0.2) is 13.1 Å². The smallest absolute Gasteiger partial charge is 0.208 e. The number of nitrogens with one attached hydrogen (secondary N) is 1. The minimum atomic E-state index is -3.17. The maximum atomic E-state index is 11.5. The summed E-state index contributed by atoms with van der Waals surface area (Å²) in [4.78, 5) is 6.93. The van der Waals surface area contributed by atoms with E-state index in [0.717, 1.165) is 38.0 Å². The molecule has 0 amide bonds. The number of hydrogen-bond acceptors (Lipinski definition) is 5. The SMILES string of the molecule is CS(=O)(=O)NC[C@H]1[C@H]2CN(Cc3ccnc4ccccc34)C[C@]23CC[C@H]1O3. The largest absolute Gasteiger partial charge is 0.370 e. The van der Waals surface area contributed by atoms with Crippen molar-refractivity contribution in [2.45, 2.75) is 31.1 Å². The van der Waals surface area contributed by atoms with Gasteiger partial charge in [0, 0.05) is 49.6 Å². The van der Waals surface area contributed by atoms with E-state index in [9.17, 15) is 8.42 Å². The molecule has 3 fully saturated rings. The first-order valence-corrected chi connectivity index (χ1v) is 11.5. The Morgan fingerprint density at radius 1 is 1.33 bits per heavy atom. The Morgan fingerprint density at radius 2 is 2.19 bits per heavy atom. The molecule has 0 saturated carbocycles. The zero-order chi connectivity index (χ0) is 18.6. The number of pyridine rings is 1. The topological polar surface area (TPSA) is 71.5 Å². The van der Waals surface area contributed by atoms with Crippen LogP contribution in [0, 0.1) is 11.8 Å². The third-order valence-electron chi connectivity index (χ3n) is 6.57. The summed E-state index contributed by atoms with van der Waals surface area (Å²) in [6, 6.07) is 10.4. The molecule has 27 heavy (non-hydrogen) atoms. The van der Waals surface area contributed by atoms with Crippen molar-refractivity contribution in [1.82, 2.24) is 14.6 Å². The number of sulfonamides is 1. The highest BCUT2D eigenvalue weighted by Crippen LogP contribution is 2.54. The van der Waals surface area contributed by atoms with Gasteiger partial charge in [-0.2, -0.15) is 0 Å². The highest BCUT2D eigenvalue weighted by atomic mass is 32.2. The summed E-state index contributed by atoms with van der Waals surface area (Å²) < 4.78 is 32.2. The molecule has 2 aromatic rings. The lowest BCUT2D eigenvalue weighted by Crippen LogP contribution is -2.41. The third-order valence-corrected chi connectivity index (χ3v) is 7.26. The van der Waals surface area contributed by atoms with Crippen LogP contribution < -0.4 is 4.72 Å². The molecule has 1 aromatic heterocycles. The number of fused-ring (bicyclic) bond motifs is 2. The molecule has 4 atom stereocenters. The second kappa shape index (κ2) is 6.24. The minimum absolute atomic E-state index is 0.0860. The summed E-state index contributed by atoms with van der Waals surface area (Å²) in [5.74, 6) is 0.672. The Kier molecular flexibility index (Phi) is 4.05. The summed E-state index contributed by atoms with van der Waals surface area (Å²) >= 11 is 0. The van der Waals surface area contributed by atoms with Crippen LogP contribution in [0.2, 0.25) is 0 Å². The van der Waals surface area contributed by atoms with Gasteiger partial charge < -0.3 is 4.74 Å². The predicted octanol–water partition coefficient (Wildman–Crippen LogP) is 1.76. The van der Waals surface area contributed by atoms with Gasteiger partial charge in [-0.05, 0) is 30.5 Å². The van der Waals surface area contributed by atoms with Gasteiger partial charge >= 0.3 is 0 Å². The fourth-order valence-electron chi connectivity index (χ4n) is 5.46. The van der Waals surface area contributed by atoms with Crippen molar-refractivity contribution < 1.29 is 13.2 Å².